The molecule has 2 aromatic rings. The molecule has 3 atom stereocenters. The molecule has 2 saturated heterocycles. The Bertz CT molecular complexity index is 1160. The summed E-state index contributed by atoms with van der Waals surface area (Å²) < 4.78 is 12.8. The van der Waals surface area contributed by atoms with E-state index in [9.17, 15) is 9.65 Å². The van der Waals surface area contributed by atoms with Crippen LogP contribution in [0.15, 0.2) is 12.1 Å². The van der Waals surface area contributed by atoms with E-state index < -0.39 is 6.17 Å². The molecule has 0 radical (unpaired) electrons. The largest absolute Gasteiger partial charge is 0.398 e. The van der Waals surface area contributed by atoms with Crippen LogP contribution in [0.5, 0.6) is 0 Å². The predicted molar refractivity (Wildman–Crippen MR) is 153 cm³/mol. The monoisotopic (exact) mass is 519 g/mol. The second-order valence-corrected chi connectivity index (χ2v) is 11.7. The highest BCUT2D eigenvalue weighted by Gasteiger charge is 2.44. The van der Waals surface area contributed by atoms with E-state index in [1.165, 1.54) is 53.8 Å². The summed E-state index contributed by atoms with van der Waals surface area (Å²) in [5.41, 5.74) is 13.9. The molecule has 5 rings (SSSR count). The number of unbranched alkanes of at least 4 members (excludes halogenated alkanes) is 1. The third kappa shape index (κ3) is 6.04. The van der Waals surface area contributed by atoms with E-state index in [0.717, 1.165) is 63.7 Å². The smallest absolute Gasteiger partial charge is 0.128 e. The first-order chi connectivity index (χ1) is 18.3. The van der Waals surface area contributed by atoms with Gasteiger partial charge in [0.1, 0.15) is 18.1 Å². The van der Waals surface area contributed by atoms with Crippen molar-refractivity contribution in [3.8, 4) is 6.07 Å². The van der Waals surface area contributed by atoms with Crippen molar-refractivity contribution >= 4 is 5.69 Å². The van der Waals surface area contributed by atoms with Gasteiger partial charge in [-0.1, -0.05) is 39.7 Å². The van der Waals surface area contributed by atoms with Gasteiger partial charge in [-0.3, -0.25) is 4.90 Å². The lowest BCUT2D eigenvalue weighted by Gasteiger charge is -2.29. The van der Waals surface area contributed by atoms with Crippen LogP contribution in [0.25, 0.3) is 0 Å². The quantitative estimate of drug-likeness (QED) is 0.415. The van der Waals surface area contributed by atoms with Gasteiger partial charge in [0.05, 0.1) is 5.56 Å². The second kappa shape index (κ2) is 12.6. The minimum absolute atomic E-state index is 0.236. The summed E-state index contributed by atoms with van der Waals surface area (Å²) in [4.78, 5) is 12.1. The fourth-order valence-electron chi connectivity index (χ4n) is 6.87. The van der Waals surface area contributed by atoms with E-state index in [-0.39, 0.29) is 5.54 Å². The van der Waals surface area contributed by atoms with Gasteiger partial charge in [0.2, 0.25) is 0 Å². The zero-order valence-corrected chi connectivity index (χ0v) is 24.0. The van der Waals surface area contributed by atoms with Gasteiger partial charge < -0.3 is 5.73 Å². The van der Waals surface area contributed by atoms with E-state index in [2.05, 4.69) is 44.7 Å². The summed E-state index contributed by atoms with van der Waals surface area (Å²) >= 11 is 0. The average Bonchev–Trinajstić information content (AvgIpc) is 3.40. The SMILES string of the molecule is CC12CCCN1CC(F)C2.CCCCc1nc(CC)nc2c1CCC(c1c(CCC)ccc(N)c1C#N)C2. The van der Waals surface area contributed by atoms with Crippen LogP contribution in [-0.4, -0.2) is 39.7 Å². The molecule has 0 saturated carbocycles. The zero-order chi connectivity index (χ0) is 27.3. The molecule has 38 heavy (non-hydrogen) atoms. The van der Waals surface area contributed by atoms with Gasteiger partial charge in [0, 0.05) is 35.6 Å². The number of halogens is 1. The molecule has 3 heterocycles. The zero-order valence-electron chi connectivity index (χ0n) is 24.0. The second-order valence-electron chi connectivity index (χ2n) is 11.7. The number of hydrogen-bond donors (Lipinski definition) is 1. The lowest BCUT2D eigenvalue weighted by molar-refractivity contribution is 0.217. The summed E-state index contributed by atoms with van der Waals surface area (Å²) in [6.07, 6.45) is 11.9. The number of benzene rings is 1. The standard InChI is InChI=1S/C24H32N4.C8H14FN/c1-4-7-9-21-18-12-10-17(14-22(18)28-23(6-3)27-21)24-16(8-5-2)11-13-20(26)19(24)15-25;1-8-3-2-4-10(8)6-7(9)5-8/h11,13,17H,4-10,12,14,26H2,1-3H3;7H,2-6H2,1H3. The predicted octanol–water partition coefficient (Wildman–Crippen LogP) is 6.64. The number of alkyl halides is 1. The van der Waals surface area contributed by atoms with Crippen molar-refractivity contribution in [2.75, 3.05) is 18.8 Å². The van der Waals surface area contributed by atoms with Crippen LogP contribution in [0.4, 0.5) is 10.1 Å². The number of nitrogen functional groups attached to an aromatic ring is 1. The van der Waals surface area contributed by atoms with E-state index in [1.54, 1.807) is 0 Å². The first-order valence-electron chi connectivity index (χ1n) is 14.9. The molecular weight excluding hydrogens is 473 g/mol. The summed E-state index contributed by atoms with van der Waals surface area (Å²) in [6, 6.07) is 6.40. The molecular formula is C32H46FN5. The molecule has 2 aliphatic heterocycles. The Labute approximate surface area is 229 Å². The van der Waals surface area contributed by atoms with E-state index in [1.807, 2.05) is 6.07 Å². The number of fused-ring (bicyclic) bond motifs is 2. The number of aromatic nitrogens is 2. The molecule has 2 fully saturated rings. The summed E-state index contributed by atoms with van der Waals surface area (Å²) in [6.45, 7) is 10.5. The fourth-order valence-corrected chi connectivity index (χ4v) is 6.87. The van der Waals surface area contributed by atoms with Crippen LogP contribution in [-0.2, 0) is 32.1 Å². The van der Waals surface area contributed by atoms with Crippen LogP contribution < -0.4 is 5.73 Å². The van der Waals surface area contributed by atoms with Crippen molar-refractivity contribution < 1.29 is 4.39 Å². The highest BCUT2D eigenvalue weighted by atomic mass is 19.1. The third-order valence-electron chi connectivity index (χ3n) is 8.88. The molecule has 1 aromatic heterocycles. The molecule has 0 spiro atoms. The summed E-state index contributed by atoms with van der Waals surface area (Å²) in [5, 5.41) is 9.79. The van der Waals surface area contributed by atoms with Crippen molar-refractivity contribution in [2.24, 2.45) is 0 Å². The minimum Gasteiger partial charge on any atom is -0.398 e. The van der Waals surface area contributed by atoms with Gasteiger partial charge in [-0.15, -0.1) is 0 Å². The van der Waals surface area contributed by atoms with Gasteiger partial charge in [-0.25, -0.2) is 14.4 Å². The molecule has 0 amide bonds. The first-order valence-corrected chi connectivity index (χ1v) is 14.9. The van der Waals surface area contributed by atoms with Crippen LogP contribution in [0.2, 0.25) is 0 Å². The first kappa shape index (κ1) is 28.5. The van der Waals surface area contributed by atoms with Gasteiger partial charge in [-0.05, 0) is 99.9 Å². The minimum atomic E-state index is -0.551. The molecule has 206 valence electrons. The maximum absolute atomic E-state index is 12.8. The Balaban J connectivity index is 0.000000278. The molecule has 3 unspecified atom stereocenters. The van der Waals surface area contributed by atoms with Crippen molar-refractivity contribution in [3.05, 3.63) is 51.6 Å². The van der Waals surface area contributed by atoms with Crippen molar-refractivity contribution in [3.63, 3.8) is 0 Å². The van der Waals surface area contributed by atoms with E-state index in [0.29, 0.717) is 23.7 Å². The number of anilines is 1. The Hall–Kier alpha value is -2.52. The number of rotatable bonds is 7. The van der Waals surface area contributed by atoms with Gasteiger partial charge in [-0.2, -0.15) is 5.26 Å². The van der Waals surface area contributed by atoms with Gasteiger partial charge >= 0.3 is 0 Å². The molecule has 3 aliphatic rings. The maximum Gasteiger partial charge on any atom is 0.128 e. The lowest BCUT2D eigenvalue weighted by Crippen LogP contribution is -2.34. The summed E-state index contributed by atoms with van der Waals surface area (Å²) in [5.74, 6) is 1.26. The number of hydrogen-bond acceptors (Lipinski definition) is 5. The summed E-state index contributed by atoms with van der Waals surface area (Å²) in [7, 11) is 0. The third-order valence-corrected chi connectivity index (χ3v) is 8.88. The average molecular weight is 520 g/mol. The maximum atomic E-state index is 12.8. The Morgan fingerprint density at radius 3 is 2.68 bits per heavy atom. The van der Waals surface area contributed by atoms with Crippen LogP contribution >= 0.6 is 0 Å². The van der Waals surface area contributed by atoms with Gasteiger partial charge in [0.15, 0.2) is 0 Å². The van der Waals surface area contributed by atoms with Crippen LogP contribution in [0.1, 0.15) is 118 Å². The lowest BCUT2D eigenvalue weighted by atomic mass is 9.77. The molecule has 6 heteroatoms. The number of aryl methyl sites for hydroxylation is 3. The Morgan fingerprint density at radius 1 is 1.18 bits per heavy atom. The van der Waals surface area contributed by atoms with Crippen LogP contribution in [0.3, 0.4) is 0 Å². The van der Waals surface area contributed by atoms with Crippen molar-refractivity contribution in [1.82, 2.24) is 14.9 Å². The molecule has 0 bridgehead atoms. The van der Waals surface area contributed by atoms with E-state index >= 15 is 0 Å². The van der Waals surface area contributed by atoms with Crippen molar-refractivity contribution in [1.29, 1.82) is 5.26 Å². The fraction of sp³-hybridized carbons (Fsp3) is 0.656. The molecule has 5 nitrogen and oxygen atoms in total. The normalized spacial score (nSPS) is 24.3. The highest BCUT2D eigenvalue weighted by molar-refractivity contribution is 5.62. The molecule has 1 aliphatic carbocycles. The molecule has 2 N–H and O–H groups in total. The number of nitrogens with zero attached hydrogens (tertiary/aromatic N) is 4. The Kier molecular flexibility index (Phi) is 9.41. The van der Waals surface area contributed by atoms with Crippen molar-refractivity contribution in [2.45, 2.75) is 122 Å². The van der Waals surface area contributed by atoms with E-state index in [4.69, 9.17) is 15.7 Å². The van der Waals surface area contributed by atoms with Gasteiger partial charge in [0.25, 0.3) is 0 Å². The Morgan fingerprint density at radius 2 is 2.00 bits per heavy atom. The number of nitrogens with two attached hydrogens (primary N) is 1. The van der Waals surface area contributed by atoms with Crippen LogP contribution in [0, 0.1) is 11.3 Å². The number of nitriles is 1. The highest BCUT2D eigenvalue weighted by Crippen LogP contribution is 2.40. The molecule has 1 aromatic carbocycles. The topological polar surface area (TPSA) is 78.8 Å².